The Labute approximate surface area is 162 Å². The van der Waals surface area contributed by atoms with Crippen LogP contribution in [0.3, 0.4) is 0 Å². The molecule has 0 aliphatic heterocycles. The molecular weight excluding hydrogens is 364 g/mol. The number of thiazole rings is 1. The van der Waals surface area contributed by atoms with E-state index in [0.29, 0.717) is 11.8 Å². The van der Waals surface area contributed by atoms with Gasteiger partial charge in [-0.25, -0.2) is 4.98 Å². The number of hydrogen-bond acceptors (Lipinski definition) is 4. The zero-order valence-corrected chi connectivity index (χ0v) is 17.1. The van der Waals surface area contributed by atoms with Gasteiger partial charge in [-0.2, -0.15) is 0 Å². The van der Waals surface area contributed by atoms with Crippen LogP contribution >= 0.6 is 11.3 Å². The molecular formula is C20H26N2O2S2. The van der Waals surface area contributed by atoms with Gasteiger partial charge in [-0.1, -0.05) is 49.1 Å². The van der Waals surface area contributed by atoms with E-state index in [-0.39, 0.29) is 11.7 Å². The molecule has 0 saturated heterocycles. The van der Waals surface area contributed by atoms with Crippen molar-refractivity contribution in [2.75, 3.05) is 12.8 Å². The zero-order chi connectivity index (χ0) is 18.5. The Morgan fingerprint density at radius 1 is 1.23 bits per heavy atom. The Kier molecular flexibility index (Phi) is 6.59. The maximum atomic E-state index is 12.4. The number of aryl methyl sites for hydroxylation is 1. The SMILES string of the molecule is Cc1ccc(-c2nc(C[S@](=O)CC(=O)N(C)C3CCCCC3)cs2)cc1. The minimum absolute atomic E-state index is 0.00998. The molecule has 1 amide bonds. The van der Waals surface area contributed by atoms with Gasteiger partial charge in [-0.15, -0.1) is 11.3 Å². The number of nitrogens with zero attached hydrogens (tertiary/aromatic N) is 2. The number of amides is 1. The highest BCUT2D eigenvalue weighted by Crippen LogP contribution is 2.25. The molecule has 1 fully saturated rings. The highest BCUT2D eigenvalue weighted by Gasteiger charge is 2.23. The third-order valence-electron chi connectivity index (χ3n) is 4.96. The van der Waals surface area contributed by atoms with Crippen LogP contribution in [0.15, 0.2) is 29.6 Å². The highest BCUT2D eigenvalue weighted by molar-refractivity contribution is 7.84. The maximum Gasteiger partial charge on any atom is 0.235 e. The summed E-state index contributed by atoms with van der Waals surface area (Å²) in [6, 6.07) is 8.55. The first-order valence-electron chi connectivity index (χ1n) is 9.15. The van der Waals surface area contributed by atoms with Crippen LogP contribution in [0.4, 0.5) is 0 Å². The molecule has 1 aliphatic carbocycles. The Balaban J connectivity index is 1.54. The number of hydrogen-bond donors (Lipinski definition) is 0. The fourth-order valence-electron chi connectivity index (χ4n) is 3.33. The molecule has 1 atom stereocenters. The van der Waals surface area contributed by atoms with E-state index >= 15 is 0 Å². The monoisotopic (exact) mass is 390 g/mol. The lowest BCUT2D eigenvalue weighted by molar-refractivity contribution is -0.129. The van der Waals surface area contributed by atoms with Crippen LogP contribution in [-0.2, 0) is 21.3 Å². The minimum atomic E-state index is -1.22. The minimum Gasteiger partial charge on any atom is -0.342 e. The molecule has 1 heterocycles. The standard InChI is InChI=1S/C20H26N2O2S2/c1-15-8-10-16(11-9-15)20-21-17(12-25-20)13-26(24)14-19(23)22(2)18-6-4-3-5-7-18/h8-12,18H,3-7,13-14H2,1-2H3/t26-/m0/s1. The highest BCUT2D eigenvalue weighted by atomic mass is 32.2. The van der Waals surface area contributed by atoms with Crippen molar-refractivity contribution in [3.8, 4) is 10.6 Å². The summed E-state index contributed by atoms with van der Waals surface area (Å²) in [5.74, 6) is 0.418. The van der Waals surface area contributed by atoms with Gasteiger partial charge in [0, 0.05) is 34.8 Å². The summed E-state index contributed by atoms with van der Waals surface area (Å²) in [6.07, 6.45) is 5.78. The number of aromatic nitrogens is 1. The molecule has 1 saturated carbocycles. The third kappa shape index (κ3) is 5.01. The maximum absolute atomic E-state index is 12.4. The summed E-state index contributed by atoms with van der Waals surface area (Å²) >= 11 is 1.56. The first-order chi connectivity index (χ1) is 12.5. The van der Waals surface area contributed by atoms with Crippen molar-refractivity contribution < 1.29 is 9.00 Å². The number of benzene rings is 1. The molecule has 0 bridgehead atoms. The first kappa shape index (κ1) is 19.2. The van der Waals surface area contributed by atoms with Gasteiger partial charge < -0.3 is 4.90 Å². The summed E-state index contributed by atoms with van der Waals surface area (Å²) in [6.45, 7) is 2.06. The Hall–Kier alpha value is -1.53. The molecule has 2 aromatic rings. The van der Waals surface area contributed by atoms with Gasteiger partial charge in [0.2, 0.25) is 5.91 Å². The molecule has 0 unspecified atom stereocenters. The van der Waals surface area contributed by atoms with Crippen LogP contribution in [0.1, 0.15) is 43.4 Å². The third-order valence-corrected chi connectivity index (χ3v) is 7.09. The van der Waals surface area contributed by atoms with Crippen molar-refractivity contribution in [3.05, 3.63) is 40.9 Å². The average Bonchev–Trinajstić information content (AvgIpc) is 3.10. The summed E-state index contributed by atoms with van der Waals surface area (Å²) in [5.41, 5.74) is 3.09. The van der Waals surface area contributed by atoms with Crippen LogP contribution in [-0.4, -0.2) is 38.8 Å². The average molecular weight is 391 g/mol. The molecule has 3 rings (SSSR count). The Bertz CT molecular complexity index is 764. The van der Waals surface area contributed by atoms with E-state index in [0.717, 1.165) is 29.1 Å². The normalized spacial score (nSPS) is 16.4. The molecule has 6 heteroatoms. The second-order valence-corrected chi connectivity index (χ2v) is 9.35. The lowest BCUT2D eigenvalue weighted by atomic mass is 9.94. The van der Waals surface area contributed by atoms with Gasteiger partial charge in [-0.05, 0) is 19.8 Å². The van der Waals surface area contributed by atoms with E-state index in [1.165, 1.54) is 24.8 Å². The number of rotatable bonds is 6. The number of carbonyl (C=O) groups excluding carboxylic acids is 1. The van der Waals surface area contributed by atoms with Crippen molar-refractivity contribution in [1.29, 1.82) is 0 Å². The Morgan fingerprint density at radius 3 is 2.62 bits per heavy atom. The summed E-state index contributed by atoms with van der Waals surface area (Å²) < 4.78 is 12.4. The van der Waals surface area contributed by atoms with E-state index in [4.69, 9.17) is 0 Å². The van der Waals surface area contributed by atoms with Gasteiger partial charge in [-0.3, -0.25) is 9.00 Å². The fraction of sp³-hybridized carbons (Fsp3) is 0.500. The second-order valence-electron chi connectivity index (χ2n) is 7.04. The smallest absolute Gasteiger partial charge is 0.235 e. The fourth-order valence-corrected chi connectivity index (χ4v) is 5.32. The molecule has 0 spiro atoms. The van der Waals surface area contributed by atoms with Gasteiger partial charge in [0.05, 0.1) is 11.4 Å². The summed E-state index contributed by atoms with van der Waals surface area (Å²) in [7, 11) is 0.635. The van der Waals surface area contributed by atoms with Crippen LogP contribution in [0.5, 0.6) is 0 Å². The largest absolute Gasteiger partial charge is 0.342 e. The van der Waals surface area contributed by atoms with Crippen molar-refractivity contribution >= 4 is 28.0 Å². The van der Waals surface area contributed by atoms with Gasteiger partial charge >= 0.3 is 0 Å². The Morgan fingerprint density at radius 2 is 1.92 bits per heavy atom. The number of carbonyl (C=O) groups is 1. The zero-order valence-electron chi connectivity index (χ0n) is 15.4. The van der Waals surface area contributed by atoms with Crippen molar-refractivity contribution in [3.63, 3.8) is 0 Å². The molecule has 140 valence electrons. The molecule has 1 aromatic carbocycles. The van der Waals surface area contributed by atoms with E-state index < -0.39 is 10.8 Å². The molecule has 4 nitrogen and oxygen atoms in total. The van der Waals surface area contributed by atoms with Crippen LogP contribution in [0, 0.1) is 6.92 Å². The second kappa shape index (κ2) is 8.91. The predicted octanol–water partition coefficient (Wildman–Crippen LogP) is 4.16. The lowest BCUT2D eigenvalue weighted by Crippen LogP contribution is -2.40. The van der Waals surface area contributed by atoms with E-state index in [1.807, 2.05) is 17.3 Å². The molecule has 1 aliphatic rings. The van der Waals surface area contributed by atoms with E-state index in [1.54, 1.807) is 11.3 Å². The molecule has 1 aromatic heterocycles. The van der Waals surface area contributed by atoms with Crippen LogP contribution in [0.25, 0.3) is 10.6 Å². The molecule has 0 radical (unpaired) electrons. The van der Waals surface area contributed by atoms with E-state index in [2.05, 4.69) is 36.2 Å². The van der Waals surface area contributed by atoms with Crippen LogP contribution < -0.4 is 0 Å². The van der Waals surface area contributed by atoms with Gasteiger partial charge in [0.1, 0.15) is 10.8 Å². The van der Waals surface area contributed by atoms with Crippen molar-refractivity contribution in [2.45, 2.75) is 50.8 Å². The van der Waals surface area contributed by atoms with Crippen LogP contribution in [0.2, 0.25) is 0 Å². The van der Waals surface area contributed by atoms with Crippen molar-refractivity contribution in [1.82, 2.24) is 9.88 Å². The summed E-state index contributed by atoms with van der Waals surface area (Å²) in [5, 5.41) is 2.88. The quantitative estimate of drug-likeness (QED) is 0.744. The topological polar surface area (TPSA) is 50.3 Å². The first-order valence-corrected chi connectivity index (χ1v) is 11.5. The lowest BCUT2D eigenvalue weighted by Gasteiger charge is -2.31. The predicted molar refractivity (Wildman–Crippen MR) is 109 cm³/mol. The molecule has 0 N–H and O–H groups in total. The molecule has 26 heavy (non-hydrogen) atoms. The van der Waals surface area contributed by atoms with Gasteiger partial charge in [0.25, 0.3) is 0 Å². The van der Waals surface area contributed by atoms with E-state index in [9.17, 15) is 9.00 Å². The van der Waals surface area contributed by atoms with Crippen molar-refractivity contribution in [2.24, 2.45) is 0 Å². The summed E-state index contributed by atoms with van der Waals surface area (Å²) in [4.78, 5) is 18.8. The van der Waals surface area contributed by atoms with Gasteiger partial charge in [0.15, 0.2) is 0 Å².